The Kier molecular flexibility index (Phi) is 4.12. The molecule has 3 heterocycles. The van der Waals surface area contributed by atoms with Gasteiger partial charge in [0.1, 0.15) is 23.6 Å². The third-order valence-electron chi connectivity index (χ3n) is 4.26. The SMILES string of the molecule is COc1c(C)cnc(OCc2nsc3nc4cccc(OC)c4n23)c1C. The second kappa shape index (κ2) is 6.45. The summed E-state index contributed by atoms with van der Waals surface area (Å²) in [7, 11) is 3.29. The number of nitrogens with zero attached hydrogens (tertiary/aromatic N) is 4. The number of fused-ring (bicyclic) bond motifs is 3. The lowest BCUT2D eigenvalue weighted by Crippen LogP contribution is -2.05. The first-order valence-corrected chi connectivity index (χ1v) is 8.84. The van der Waals surface area contributed by atoms with Crippen molar-refractivity contribution in [3.05, 3.63) is 41.3 Å². The van der Waals surface area contributed by atoms with Crippen molar-refractivity contribution in [2.24, 2.45) is 0 Å². The Balaban J connectivity index is 1.73. The lowest BCUT2D eigenvalue weighted by atomic mass is 10.2. The Morgan fingerprint density at radius 2 is 2.00 bits per heavy atom. The number of benzene rings is 1. The van der Waals surface area contributed by atoms with E-state index in [0.717, 1.165) is 44.4 Å². The van der Waals surface area contributed by atoms with Crippen molar-refractivity contribution in [3.63, 3.8) is 0 Å². The first-order chi connectivity index (χ1) is 12.6. The average molecular weight is 370 g/mol. The monoisotopic (exact) mass is 370 g/mol. The molecule has 1 aromatic carbocycles. The molecular weight excluding hydrogens is 352 g/mol. The number of aryl methyl sites for hydroxylation is 1. The predicted molar refractivity (Wildman–Crippen MR) is 99.5 cm³/mol. The van der Waals surface area contributed by atoms with Crippen LogP contribution < -0.4 is 14.2 Å². The molecule has 0 N–H and O–H groups in total. The van der Waals surface area contributed by atoms with E-state index >= 15 is 0 Å². The minimum Gasteiger partial charge on any atom is -0.496 e. The van der Waals surface area contributed by atoms with Gasteiger partial charge in [-0.2, -0.15) is 4.37 Å². The molecule has 0 aliphatic heterocycles. The van der Waals surface area contributed by atoms with Gasteiger partial charge in [-0.25, -0.2) is 9.97 Å². The number of ether oxygens (including phenoxy) is 3. The molecule has 26 heavy (non-hydrogen) atoms. The Morgan fingerprint density at radius 3 is 2.77 bits per heavy atom. The zero-order valence-electron chi connectivity index (χ0n) is 14.9. The average Bonchev–Trinajstić information content (AvgIpc) is 3.20. The fraction of sp³-hybridized carbons (Fsp3) is 0.278. The van der Waals surface area contributed by atoms with Crippen molar-refractivity contribution in [3.8, 4) is 17.4 Å². The van der Waals surface area contributed by atoms with Crippen LogP contribution in [0.15, 0.2) is 24.4 Å². The van der Waals surface area contributed by atoms with E-state index < -0.39 is 0 Å². The largest absolute Gasteiger partial charge is 0.496 e. The lowest BCUT2D eigenvalue weighted by molar-refractivity contribution is 0.279. The number of hydrogen-bond acceptors (Lipinski definition) is 7. The third kappa shape index (κ3) is 2.53. The molecule has 8 heteroatoms. The van der Waals surface area contributed by atoms with Crippen LogP contribution in [0, 0.1) is 13.8 Å². The molecule has 0 aliphatic rings. The molecule has 0 aliphatic carbocycles. The van der Waals surface area contributed by atoms with E-state index in [0.29, 0.717) is 5.88 Å². The number of pyridine rings is 1. The van der Waals surface area contributed by atoms with Crippen LogP contribution in [0.2, 0.25) is 0 Å². The van der Waals surface area contributed by atoms with Crippen LogP contribution in [-0.2, 0) is 6.61 Å². The van der Waals surface area contributed by atoms with Crippen LogP contribution in [0.3, 0.4) is 0 Å². The highest BCUT2D eigenvalue weighted by molar-refractivity contribution is 7.11. The van der Waals surface area contributed by atoms with E-state index in [-0.39, 0.29) is 6.61 Å². The van der Waals surface area contributed by atoms with Gasteiger partial charge in [0.05, 0.1) is 25.3 Å². The molecule has 0 bridgehead atoms. The van der Waals surface area contributed by atoms with Crippen LogP contribution in [0.4, 0.5) is 0 Å². The standard InChI is InChI=1S/C18H18N4O3S/c1-10-8-19-17(11(2)16(10)24-4)25-9-14-21-26-18-20-12-6-5-7-13(23-3)15(12)22(14)18/h5-8H,9H2,1-4H3. The van der Waals surface area contributed by atoms with E-state index in [1.54, 1.807) is 20.4 Å². The van der Waals surface area contributed by atoms with Crippen LogP contribution >= 0.6 is 11.5 Å². The summed E-state index contributed by atoms with van der Waals surface area (Å²) in [5.41, 5.74) is 3.60. The summed E-state index contributed by atoms with van der Waals surface area (Å²) < 4.78 is 23.3. The van der Waals surface area contributed by atoms with Crippen molar-refractivity contribution in [2.45, 2.75) is 20.5 Å². The maximum atomic E-state index is 5.94. The molecule has 0 atom stereocenters. The third-order valence-corrected chi connectivity index (χ3v) is 5.00. The van der Waals surface area contributed by atoms with Crippen molar-refractivity contribution in [2.75, 3.05) is 14.2 Å². The van der Waals surface area contributed by atoms with Crippen molar-refractivity contribution in [1.82, 2.24) is 18.7 Å². The van der Waals surface area contributed by atoms with Crippen molar-refractivity contribution in [1.29, 1.82) is 0 Å². The number of hydrogen-bond donors (Lipinski definition) is 0. The number of aromatic nitrogens is 4. The first-order valence-electron chi connectivity index (χ1n) is 8.06. The van der Waals surface area contributed by atoms with Gasteiger partial charge in [0.25, 0.3) is 0 Å². The van der Waals surface area contributed by atoms with E-state index in [2.05, 4.69) is 14.3 Å². The quantitative estimate of drug-likeness (QED) is 0.535. The molecule has 3 aromatic heterocycles. The molecule has 4 aromatic rings. The molecule has 0 spiro atoms. The second-order valence-corrected chi connectivity index (χ2v) is 6.58. The van der Waals surface area contributed by atoms with Gasteiger partial charge in [0, 0.05) is 23.3 Å². The molecule has 0 amide bonds. The minimum absolute atomic E-state index is 0.267. The molecule has 0 radical (unpaired) electrons. The molecule has 4 rings (SSSR count). The van der Waals surface area contributed by atoms with E-state index in [1.165, 1.54) is 11.5 Å². The van der Waals surface area contributed by atoms with Crippen molar-refractivity contribution >= 4 is 27.5 Å². The maximum Gasteiger partial charge on any atom is 0.220 e. The summed E-state index contributed by atoms with van der Waals surface area (Å²) in [5.74, 6) is 2.82. The van der Waals surface area contributed by atoms with Gasteiger partial charge < -0.3 is 14.2 Å². The lowest BCUT2D eigenvalue weighted by Gasteiger charge is -2.12. The van der Waals surface area contributed by atoms with Gasteiger partial charge in [-0.3, -0.25) is 4.40 Å². The summed E-state index contributed by atoms with van der Waals surface area (Å²) in [6.07, 6.45) is 1.74. The summed E-state index contributed by atoms with van der Waals surface area (Å²) in [5, 5.41) is 0. The van der Waals surface area contributed by atoms with Gasteiger partial charge in [-0.05, 0) is 26.0 Å². The highest BCUT2D eigenvalue weighted by atomic mass is 32.1. The molecule has 0 fully saturated rings. The molecule has 0 saturated heterocycles. The molecule has 7 nitrogen and oxygen atoms in total. The van der Waals surface area contributed by atoms with Gasteiger partial charge in [-0.15, -0.1) is 0 Å². The number of para-hydroxylation sites is 1. The fourth-order valence-electron chi connectivity index (χ4n) is 3.06. The summed E-state index contributed by atoms with van der Waals surface area (Å²) in [4.78, 5) is 9.78. The van der Waals surface area contributed by atoms with Gasteiger partial charge in [0.15, 0.2) is 5.82 Å². The highest BCUT2D eigenvalue weighted by Gasteiger charge is 2.17. The van der Waals surface area contributed by atoms with Gasteiger partial charge in [0.2, 0.25) is 10.8 Å². The zero-order valence-corrected chi connectivity index (χ0v) is 15.8. The normalized spacial score (nSPS) is 11.2. The maximum absolute atomic E-state index is 5.94. The molecule has 0 saturated carbocycles. The first kappa shape index (κ1) is 16.6. The van der Waals surface area contributed by atoms with Crippen LogP contribution in [0.25, 0.3) is 16.0 Å². The van der Waals surface area contributed by atoms with E-state index in [9.17, 15) is 0 Å². The summed E-state index contributed by atoms with van der Waals surface area (Å²) in [6.45, 7) is 4.15. The number of rotatable bonds is 5. The Bertz CT molecular complexity index is 1100. The topological polar surface area (TPSA) is 70.8 Å². The van der Waals surface area contributed by atoms with E-state index in [1.807, 2.05) is 36.4 Å². The second-order valence-electron chi connectivity index (χ2n) is 5.85. The van der Waals surface area contributed by atoms with Crippen LogP contribution in [0.5, 0.6) is 17.4 Å². The van der Waals surface area contributed by atoms with Gasteiger partial charge >= 0.3 is 0 Å². The highest BCUT2D eigenvalue weighted by Crippen LogP contribution is 2.31. The fourth-order valence-corrected chi connectivity index (χ4v) is 3.80. The molecule has 134 valence electrons. The number of imidazole rings is 1. The van der Waals surface area contributed by atoms with E-state index in [4.69, 9.17) is 14.2 Å². The molecular formula is C18H18N4O3S. The Hall–Kier alpha value is -2.87. The Morgan fingerprint density at radius 1 is 1.15 bits per heavy atom. The summed E-state index contributed by atoms with van der Waals surface area (Å²) >= 11 is 1.33. The van der Waals surface area contributed by atoms with Crippen LogP contribution in [0.1, 0.15) is 17.0 Å². The number of methoxy groups -OCH3 is 2. The smallest absolute Gasteiger partial charge is 0.220 e. The van der Waals surface area contributed by atoms with Gasteiger partial charge in [-0.1, -0.05) is 6.07 Å². The minimum atomic E-state index is 0.267. The predicted octanol–water partition coefficient (Wildman–Crippen LogP) is 3.55. The van der Waals surface area contributed by atoms with Crippen LogP contribution in [-0.4, -0.2) is 33.0 Å². The molecule has 0 unspecified atom stereocenters. The zero-order chi connectivity index (χ0) is 18.3. The van der Waals surface area contributed by atoms with Crippen molar-refractivity contribution < 1.29 is 14.2 Å². The summed E-state index contributed by atoms with van der Waals surface area (Å²) in [6, 6.07) is 5.79. The Labute approximate surface area is 154 Å².